The Morgan fingerprint density at radius 3 is 2.52 bits per heavy atom. The van der Waals surface area contributed by atoms with Gasteiger partial charge in [-0.05, 0) is 55.4 Å². The molecule has 0 aromatic heterocycles. The highest BCUT2D eigenvalue weighted by atomic mass is 16.4. The minimum Gasteiger partial charge on any atom is -0.481 e. The van der Waals surface area contributed by atoms with Crippen LogP contribution in [0.1, 0.15) is 30.4 Å². The number of hydrogen-bond acceptors (Lipinski definition) is 2. The standard InChI is InChI=1S/C17H19NO3/c19-16(14-6-1-2-7-15(14)17(20)21)18-13-9-8-11-4-3-5-12(11)10-13/h1-2,8-10,14-15H,3-7H2,(H,18,19)(H,20,21)/t14-,15+/m0/s1. The molecule has 0 spiro atoms. The van der Waals surface area contributed by atoms with Gasteiger partial charge in [0.25, 0.3) is 0 Å². The van der Waals surface area contributed by atoms with Crippen molar-refractivity contribution >= 4 is 17.6 Å². The molecule has 2 N–H and O–H groups in total. The van der Waals surface area contributed by atoms with Gasteiger partial charge in [-0.25, -0.2) is 0 Å². The maximum Gasteiger partial charge on any atom is 0.307 e. The average Bonchev–Trinajstić information content (AvgIpc) is 2.94. The molecule has 0 saturated heterocycles. The minimum atomic E-state index is -0.895. The molecule has 0 aliphatic heterocycles. The summed E-state index contributed by atoms with van der Waals surface area (Å²) in [6.45, 7) is 0. The molecule has 1 aromatic rings. The van der Waals surface area contributed by atoms with Crippen molar-refractivity contribution in [1.29, 1.82) is 0 Å². The molecule has 1 aromatic carbocycles. The van der Waals surface area contributed by atoms with Gasteiger partial charge in [0.2, 0.25) is 5.91 Å². The summed E-state index contributed by atoms with van der Waals surface area (Å²) in [6.07, 6.45) is 8.00. The van der Waals surface area contributed by atoms with Gasteiger partial charge in [-0.15, -0.1) is 0 Å². The van der Waals surface area contributed by atoms with Crippen molar-refractivity contribution in [2.75, 3.05) is 5.32 Å². The monoisotopic (exact) mass is 285 g/mol. The van der Waals surface area contributed by atoms with E-state index in [9.17, 15) is 14.7 Å². The van der Waals surface area contributed by atoms with Crippen molar-refractivity contribution in [3.8, 4) is 0 Å². The van der Waals surface area contributed by atoms with Gasteiger partial charge >= 0.3 is 5.97 Å². The molecule has 110 valence electrons. The number of aliphatic carboxylic acids is 1. The van der Waals surface area contributed by atoms with E-state index in [1.165, 1.54) is 17.5 Å². The maximum atomic E-state index is 12.4. The zero-order valence-corrected chi connectivity index (χ0v) is 11.8. The molecular formula is C17H19NO3. The third kappa shape index (κ3) is 2.84. The normalized spacial score (nSPS) is 23.6. The van der Waals surface area contributed by atoms with Crippen LogP contribution in [0.5, 0.6) is 0 Å². The first kappa shape index (κ1) is 13.9. The fourth-order valence-electron chi connectivity index (χ4n) is 3.26. The third-order valence-electron chi connectivity index (χ3n) is 4.45. The van der Waals surface area contributed by atoms with E-state index in [2.05, 4.69) is 11.4 Å². The van der Waals surface area contributed by atoms with Gasteiger partial charge in [-0.3, -0.25) is 9.59 Å². The van der Waals surface area contributed by atoms with Gasteiger partial charge in [0.1, 0.15) is 0 Å². The molecule has 21 heavy (non-hydrogen) atoms. The lowest BCUT2D eigenvalue weighted by Crippen LogP contribution is -2.34. The molecule has 0 radical (unpaired) electrons. The SMILES string of the molecule is O=C(Nc1ccc2c(c1)CCC2)[C@H]1CC=CC[C@H]1C(=O)O. The molecule has 0 bridgehead atoms. The van der Waals surface area contributed by atoms with Crippen LogP contribution in [-0.4, -0.2) is 17.0 Å². The molecule has 0 heterocycles. The minimum absolute atomic E-state index is 0.190. The Hall–Kier alpha value is -2.10. The zero-order valence-electron chi connectivity index (χ0n) is 11.8. The number of hydrogen-bond donors (Lipinski definition) is 2. The average molecular weight is 285 g/mol. The van der Waals surface area contributed by atoms with Gasteiger partial charge in [0.15, 0.2) is 0 Å². The number of carbonyl (C=O) groups excluding carboxylic acids is 1. The summed E-state index contributed by atoms with van der Waals surface area (Å²) in [4.78, 5) is 23.6. The smallest absolute Gasteiger partial charge is 0.307 e. The van der Waals surface area contributed by atoms with Crippen LogP contribution >= 0.6 is 0 Å². The summed E-state index contributed by atoms with van der Waals surface area (Å²) < 4.78 is 0. The van der Waals surface area contributed by atoms with Crippen LogP contribution in [0.2, 0.25) is 0 Å². The lowest BCUT2D eigenvalue weighted by Gasteiger charge is -2.24. The summed E-state index contributed by atoms with van der Waals surface area (Å²) in [5.41, 5.74) is 3.43. The lowest BCUT2D eigenvalue weighted by atomic mass is 9.82. The third-order valence-corrected chi connectivity index (χ3v) is 4.45. The molecule has 4 heteroatoms. The van der Waals surface area contributed by atoms with Crippen molar-refractivity contribution in [1.82, 2.24) is 0 Å². The number of benzene rings is 1. The van der Waals surface area contributed by atoms with Gasteiger partial charge in [0.05, 0.1) is 11.8 Å². The fourth-order valence-corrected chi connectivity index (χ4v) is 3.26. The molecule has 4 nitrogen and oxygen atoms in total. The fraction of sp³-hybridized carbons (Fsp3) is 0.412. The number of rotatable bonds is 3. The number of anilines is 1. The van der Waals surface area contributed by atoms with Crippen molar-refractivity contribution in [3.63, 3.8) is 0 Å². The van der Waals surface area contributed by atoms with E-state index in [1.807, 2.05) is 24.3 Å². The highest BCUT2D eigenvalue weighted by Crippen LogP contribution is 2.29. The molecule has 0 fully saturated rings. The molecule has 0 unspecified atom stereocenters. The Morgan fingerprint density at radius 2 is 1.76 bits per heavy atom. The molecular weight excluding hydrogens is 266 g/mol. The van der Waals surface area contributed by atoms with Crippen LogP contribution in [0.3, 0.4) is 0 Å². The van der Waals surface area contributed by atoms with Crippen LogP contribution < -0.4 is 5.32 Å². The summed E-state index contributed by atoms with van der Waals surface area (Å²) in [5.74, 6) is -2.19. The predicted octanol–water partition coefficient (Wildman–Crippen LogP) is 2.78. The first-order chi connectivity index (χ1) is 10.1. The van der Waals surface area contributed by atoms with Crippen LogP contribution in [-0.2, 0) is 22.4 Å². The Kier molecular flexibility index (Phi) is 3.78. The van der Waals surface area contributed by atoms with Crippen LogP contribution in [0.15, 0.2) is 30.4 Å². The lowest BCUT2D eigenvalue weighted by molar-refractivity contribution is -0.146. The number of carbonyl (C=O) groups is 2. The Bertz CT molecular complexity index is 606. The van der Waals surface area contributed by atoms with Gasteiger partial charge in [-0.1, -0.05) is 18.2 Å². The van der Waals surface area contributed by atoms with Crippen molar-refractivity contribution in [2.24, 2.45) is 11.8 Å². The van der Waals surface area contributed by atoms with Crippen molar-refractivity contribution in [3.05, 3.63) is 41.5 Å². The summed E-state index contributed by atoms with van der Waals surface area (Å²) in [5, 5.41) is 12.1. The van der Waals surface area contributed by atoms with Crippen LogP contribution in [0.4, 0.5) is 5.69 Å². The molecule has 0 saturated carbocycles. The van der Waals surface area contributed by atoms with Crippen LogP contribution in [0.25, 0.3) is 0 Å². The number of carboxylic acids is 1. The van der Waals surface area contributed by atoms with E-state index < -0.39 is 17.8 Å². The quantitative estimate of drug-likeness (QED) is 0.839. The van der Waals surface area contributed by atoms with Gasteiger partial charge < -0.3 is 10.4 Å². The number of nitrogens with one attached hydrogen (secondary N) is 1. The maximum absolute atomic E-state index is 12.4. The predicted molar refractivity (Wildman–Crippen MR) is 80.1 cm³/mol. The zero-order chi connectivity index (χ0) is 14.8. The number of amides is 1. The van der Waals surface area contributed by atoms with E-state index in [4.69, 9.17) is 0 Å². The van der Waals surface area contributed by atoms with E-state index in [0.717, 1.165) is 18.5 Å². The molecule has 2 aliphatic carbocycles. The van der Waals surface area contributed by atoms with Gasteiger partial charge in [0, 0.05) is 5.69 Å². The Morgan fingerprint density at radius 1 is 1.05 bits per heavy atom. The summed E-state index contributed by atoms with van der Waals surface area (Å²) >= 11 is 0. The molecule has 3 rings (SSSR count). The first-order valence-electron chi connectivity index (χ1n) is 7.45. The summed E-state index contributed by atoms with van der Waals surface area (Å²) in [7, 11) is 0. The number of fused-ring (bicyclic) bond motifs is 1. The second-order valence-corrected chi connectivity index (χ2v) is 5.82. The highest BCUT2D eigenvalue weighted by Gasteiger charge is 2.34. The second kappa shape index (κ2) is 5.72. The summed E-state index contributed by atoms with van der Waals surface area (Å²) in [6, 6.07) is 6.00. The molecule has 2 aliphatic rings. The second-order valence-electron chi connectivity index (χ2n) is 5.82. The highest BCUT2D eigenvalue weighted by molar-refractivity contribution is 5.95. The van der Waals surface area contributed by atoms with E-state index in [0.29, 0.717) is 12.8 Å². The van der Waals surface area contributed by atoms with Crippen LogP contribution in [0, 0.1) is 11.8 Å². The van der Waals surface area contributed by atoms with E-state index >= 15 is 0 Å². The van der Waals surface area contributed by atoms with Crippen molar-refractivity contribution < 1.29 is 14.7 Å². The Balaban J connectivity index is 1.73. The number of allylic oxidation sites excluding steroid dienone is 2. The number of carboxylic acid groups (broad SMARTS) is 1. The van der Waals surface area contributed by atoms with Crippen molar-refractivity contribution in [2.45, 2.75) is 32.1 Å². The number of aryl methyl sites for hydroxylation is 2. The van der Waals surface area contributed by atoms with Gasteiger partial charge in [-0.2, -0.15) is 0 Å². The molecule has 2 atom stereocenters. The van der Waals surface area contributed by atoms with E-state index in [1.54, 1.807) is 0 Å². The largest absolute Gasteiger partial charge is 0.481 e. The van der Waals surface area contributed by atoms with E-state index in [-0.39, 0.29) is 5.91 Å². The topological polar surface area (TPSA) is 66.4 Å². The first-order valence-corrected chi connectivity index (χ1v) is 7.45. The Labute approximate surface area is 123 Å². The molecule has 1 amide bonds.